The zero-order valence-electron chi connectivity index (χ0n) is 19.7. The predicted molar refractivity (Wildman–Crippen MR) is 136 cm³/mol. The molecule has 36 heavy (non-hydrogen) atoms. The van der Waals surface area contributed by atoms with Gasteiger partial charge in [-0.05, 0) is 37.1 Å². The third-order valence-corrected chi connectivity index (χ3v) is 7.16. The molecule has 1 aliphatic carbocycles. The molecule has 0 radical (unpaired) electrons. The molecule has 3 heterocycles. The number of fused-ring (bicyclic) bond motifs is 2. The van der Waals surface area contributed by atoms with Crippen LogP contribution < -0.4 is 5.32 Å². The average molecular weight is 482 g/mol. The molecule has 0 saturated heterocycles. The summed E-state index contributed by atoms with van der Waals surface area (Å²) in [4.78, 5) is 8.12. The fraction of sp³-hybridized carbons (Fsp3) is 0.241. The predicted octanol–water partition coefficient (Wildman–Crippen LogP) is 6.72. The summed E-state index contributed by atoms with van der Waals surface area (Å²) < 4.78 is 30.5. The van der Waals surface area contributed by atoms with Crippen LogP contribution in [0.3, 0.4) is 0 Å². The zero-order chi connectivity index (χ0) is 24.6. The molecule has 1 aliphatic rings. The minimum atomic E-state index is -0.716. The highest BCUT2D eigenvalue weighted by Gasteiger charge is 2.22. The van der Waals surface area contributed by atoms with Gasteiger partial charge >= 0.3 is 0 Å². The Kier molecular flexibility index (Phi) is 5.74. The van der Waals surface area contributed by atoms with Gasteiger partial charge in [-0.1, -0.05) is 37.5 Å². The second-order valence-corrected chi connectivity index (χ2v) is 9.44. The Morgan fingerprint density at radius 3 is 2.67 bits per heavy atom. The molecule has 180 valence electrons. The van der Waals surface area contributed by atoms with Crippen LogP contribution in [0.2, 0.25) is 0 Å². The van der Waals surface area contributed by atoms with E-state index in [1.165, 1.54) is 31.4 Å². The molecule has 0 amide bonds. The van der Waals surface area contributed by atoms with Crippen LogP contribution in [0.15, 0.2) is 60.9 Å². The Bertz CT molecular complexity index is 1620. The quantitative estimate of drug-likeness (QED) is 0.293. The summed E-state index contributed by atoms with van der Waals surface area (Å²) in [6, 6.07) is 15.9. The minimum Gasteiger partial charge on any atom is -0.360 e. The number of aromatic nitrogens is 3. The molecule has 0 unspecified atom stereocenters. The van der Waals surface area contributed by atoms with Gasteiger partial charge in [-0.3, -0.25) is 4.40 Å². The number of nitriles is 1. The number of aromatic amines is 1. The molecular formula is C29H25F2N5. The first-order chi connectivity index (χ1) is 17.6. The van der Waals surface area contributed by atoms with E-state index in [1.54, 1.807) is 6.07 Å². The molecule has 0 aliphatic heterocycles. The SMILES string of the molecule is N#Cc1c(-c2ccc(F)cc2F)cc(-c2c[nH]c3ccccc23)n2cc(CNC3CCCCC3)nc12. The Hall–Kier alpha value is -4.02. The highest BCUT2D eigenvalue weighted by Crippen LogP contribution is 2.36. The van der Waals surface area contributed by atoms with Gasteiger partial charge in [-0.15, -0.1) is 0 Å². The van der Waals surface area contributed by atoms with E-state index >= 15 is 0 Å². The molecule has 1 saturated carbocycles. The summed E-state index contributed by atoms with van der Waals surface area (Å²) in [6.07, 6.45) is 9.94. The summed E-state index contributed by atoms with van der Waals surface area (Å²) in [6.45, 7) is 0.588. The van der Waals surface area contributed by atoms with E-state index in [9.17, 15) is 14.0 Å². The standard InChI is InChI=1S/C29H25F2N5/c30-18-10-11-21(26(31)12-18)23-13-28(25-16-34-27-9-5-4-8-22(25)27)36-17-20(35-29(36)24(23)14-32)15-33-19-6-2-1-3-7-19/h4-5,8-13,16-17,19,33-34H,1-3,6-7,15H2. The molecule has 3 aromatic heterocycles. The monoisotopic (exact) mass is 481 g/mol. The fourth-order valence-corrected chi connectivity index (χ4v) is 5.35. The Balaban J connectivity index is 1.55. The number of hydrogen-bond acceptors (Lipinski definition) is 3. The average Bonchev–Trinajstić information content (AvgIpc) is 3.52. The van der Waals surface area contributed by atoms with Crippen LogP contribution in [0.1, 0.15) is 43.4 Å². The number of H-pyrrole nitrogens is 1. The van der Waals surface area contributed by atoms with Crippen molar-refractivity contribution in [2.75, 3.05) is 0 Å². The smallest absolute Gasteiger partial charge is 0.156 e. The highest BCUT2D eigenvalue weighted by atomic mass is 19.1. The molecule has 7 heteroatoms. The maximum absolute atomic E-state index is 14.9. The first-order valence-corrected chi connectivity index (χ1v) is 12.3. The van der Waals surface area contributed by atoms with Crippen molar-refractivity contribution in [2.24, 2.45) is 0 Å². The lowest BCUT2D eigenvalue weighted by Gasteiger charge is -2.22. The number of rotatable bonds is 5. The molecular weight excluding hydrogens is 456 g/mol. The van der Waals surface area contributed by atoms with Crippen LogP contribution in [0.5, 0.6) is 0 Å². The van der Waals surface area contributed by atoms with Crippen molar-refractivity contribution in [3.05, 3.63) is 83.8 Å². The van der Waals surface area contributed by atoms with E-state index in [-0.39, 0.29) is 11.1 Å². The number of nitrogens with one attached hydrogen (secondary N) is 2. The maximum Gasteiger partial charge on any atom is 0.156 e. The zero-order valence-corrected chi connectivity index (χ0v) is 19.7. The third-order valence-electron chi connectivity index (χ3n) is 7.16. The molecule has 0 atom stereocenters. The van der Waals surface area contributed by atoms with E-state index in [4.69, 9.17) is 4.98 Å². The van der Waals surface area contributed by atoms with E-state index in [0.717, 1.165) is 46.8 Å². The Morgan fingerprint density at radius 1 is 1.03 bits per heavy atom. The topological polar surface area (TPSA) is 68.9 Å². The molecule has 1 fully saturated rings. The summed E-state index contributed by atoms with van der Waals surface area (Å²) in [5.74, 6) is -1.38. The van der Waals surface area contributed by atoms with Gasteiger partial charge in [-0.25, -0.2) is 13.8 Å². The van der Waals surface area contributed by atoms with E-state index < -0.39 is 11.6 Å². The van der Waals surface area contributed by atoms with Crippen molar-refractivity contribution in [3.8, 4) is 28.5 Å². The summed E-state index contributed by atoms with van der Waals surface area (Å²) in [7, 11) is 0. The van der Waals surface area contributed by atoms with Crippen molar-refractivity contribution in [2.45, 2.75) is 44.7 Å². The Labute approximate surface area is 207 Å². The van der Waals surface area contributed by atoms with Gasteiger partial charge in [0.2, 0.25) is 0 Å². The number of halogens is 2. The summed E-state index contributed by atoms with van der Waals surface area (Å²) >= 11 is 0. The van der Waals surface area contributed by atoms with Gasteiger partial charge < -0.3 is 10.3 Å². The lowest BCUT2D eigenvalue weighted by atomic mass is 9.95. The van der Waals surface area contributed by atoms with Crippen LogP contribution in [-0.4, -0.2) is 20.4 Å². The number of benzene rings is 2. The number of hydrogen-bond donors (Lipinski definition) is 2. The third kappa shape index (κ3) is 3.94. The molecule has 5 aromatic rings. The van der Waals surface area contributed by atoms with Gasteiger partial charge in [0.1, 0.15) is 23.3 Å². The maximum atomic E-state index is 14.9. The van der Waals surface area contributed by atoms with Gasteiger partial charge in [0.15, 0.2) is 5.65 Å². The summed E-state index contributed by atoms with van der Waals surface area (Å²) in [5, 5.41) is 14.8. The van der Waals surface area contributed by atoms with Crippen LogP contribution in [0.4, 0.5) is 8.78 Å². The van der Waals surface area contributed by atoms with Gasteiger partial charge in [-0.2, -0.15) is 5.26 Å². The van der Waals surface area contributed by atoms with Crippen LogP contribution in [-0.2, 0) is 6.54 Å². The lowest BCUT2D eigenvalue weighted by Crippen LogP contribution is -2.30. The van der Waals surface area contributed by atoms with Crippen molar-refractivity contribution in [1.29, 1.82) is 5.26 Å². The highest BCUT2D eigenvalue weighted by molar-refractivity contribution is 5.96. The van der Waals surface area contributed by atoms with Crippen molar-refractivity contribution in [3.63, 3.8) is 0 Å². The first-order valence-electron chi connectivity index (χ1n) is 12.3. The molecule has 6 rings (SSSR count). The van der Waals surface area contributed by atoms with E-state index in [2.05, 4.69) is 16.4 Å². The van der Waals surface area contributed by atoms with Gasteiger partial charge in [0.25, 0.3) is 0 Å². The molecule has 0 bridgehead atoms. The fourth-order valence-electron chi connectivity index (χ4n) is 5.35. The summed E-state index contributed by atoms with van der Waals surface area (Å²) in [5.41, 5.74) is 4.74. The first kappa shape index (κ1) is 22.4. The van der Waals surface area contributed by atoms with Crippen LogP contribution in [0.25, 0.3) is 38.9 Å². The number of nitrogens with zero attached hydrogens (tertiary/aromatic N) is 3. The van der Waals surface area contributed by atoms with Crippen molar-refractivity contribution < 1.29 is 8.78 Å². The van der Waals surface area contributed by atoms with E-state index in [0.29, 0.717) is 23.8 Å². The van der Waals surface area contributed by atoms with Crippen LogP contribution >= 0.6 is 0 Å². The largest absolute Gasteiger partial charge is 0.360 e. The second kappa shape index (κ2) is 9.21. The van der Waals surface area contributed by atoms with E-state index in [1.807, 2.05) is 41.1 Å². The minimum absolute atomic E-state index is 0.168. The van der Waals surface area contributed by atoms with Gasteiger partial charge in [0, 0.05) is 58.6 Å². The number of pyridine rings is 1. The van der Waals surface area contributed by atoms with Crippen LogP contribution in [0, 0.1) is 23.0 Å². The van der Waals surface area contributed by atoms with Gasteiger partial charge in [0.05, 0.1) is 11.4 Å². The van der Waals surface area contributed by atoms with Crippen molar-refractivity contribution >= 4 is 16.6 Å². The number of imidazole rings is 1. The Morgan fingerprint density at radius 2 is 1.86 bits per heavy atom. The van der Waals surface area contributed by atoms with Crippen molar-refractivity contribution in [1.82, 2.24) is 19.7 Å². The molecule has 2 aromatic carbocycles. The molecule has 5 nitrogen and oxygen atoms in total. The lowest BCUT2D eigenvalue weighted by molar-refractivity contribution is 0.371. The number of para-hydroxylation sites is 1. The molecule has 2 N–H and O–H groups in total. The molecule has 0 spiro atoms. The normalized spacial score (nSPS) is 14.5. The second-order valence-electron chi connectivity index (χ2n) is 9.44.